The highest BCUT2D eigenvalue weighted by Gasteiger charge is 2.16. The van der Waals surface area contributed by atoms with Gasteiger partial charge in [-0.25, -0.2) is 0 Å². The molecule has 1 unspecified atom stereocenters. The monoisotopic (exact) mass is 266 g/mol. The molecule has 1 atom stereocenters. The Hall–Kier alpha value is -0.970. The molecule has 108 valence electrons. The lowest BCUT2D eigenvalue weighted by atomic mass is 10.1. The highest BCUT2D eigenvalue weighted by atomic mass is 16.7. The van der Waals surface area contributed by atoms with Gasteiger partial charge in [0.1, 0.15) is 0 Å². The molecule has 1 rings (SSSR count). The minimum Gasteiger partial charge on any atom is -0.353 e. The minimum atomic E-state index is -0.103. The number of unbranched alkanes of at least 4 members (excludes halogenated alkanes) is 1. The van der Waals surface area contributed by atoms with Crippen molar-refractivity contribution in [1.29, 1.82) is 0 Å². The van der Waals surface area contributed by atoms with Gasteiger partial charge in [0.05, 0.1) is 13.2 Å². The topological polar surface area (TPSA) is 56.8 Å². The Morgan fingerprint density at radius 1 is 1.47 bits per heavy atom. The number of allylic oxidation sites excluding steroid dienone is 1. The molecule has 1 aliphatic heterocycles. The molecule has 1 saturated heterocycles. The van der Waals surface area contributed by atoms with E-state index in [1.165, 1.54) is 0 Å². The van der Waals surface area contributed by atoms with E-state index >= 15 is 0 Å². The third kappa shape index (κ3) is 7.25. The Kier molecular flexibility index (Phi) is 8.38. The molecule has 0 amide bonds. The summed E-state index contributed by atoms with van der Waals surface area (Å²) in [6, 6.07) is -0.0857. The summed E-state index contributed by atoms with van der Waals surface area (Å²) in [5, 5.41) is 0. The number of nitrogens with two attached hydrogens (primary N) is 1. The van der Waals surface area contributed by atoms with Crippen LogP contribution in [0.25, 0.3) is 0 Å². The average Bonchev–Trinajstić information content (AvgIpc) is 2.45. The van der Waals surface area contributed by atoms with Crippen LogP contribution < -0.4 is 5.73 Å². The van der Waals surface area contributed by atoms with Gasteiger partial charge in [0.2, 0.25) is 0 Å². The molecule has 0 spiro atoms. The van der Waals surface area contributed by atoms with Crippen LogP contribution in [0.1, 0.15) is 39.0 Å². The van der Waals surface area contributed by atoms with Crippen LogP contribution in [-0.2, 0) is 9.47 Å². The van der Waals surface area contributed by atoms with E-state index in [0.717, 1.165) is 50.9 Å². The molecule has 19 heavy (non-hydrogen) atoms. The van der Waals surface area contributed by atoms with E-state index in [1.807, 2.05) is 6.08 Å². The first kappa shape index (κ1) is 16.1. The van der Waals surface area contributed by atoms with Crippen molar-refractivity contribution >= 4 is 6.21 Å². The highest BCUT2D eigenvalue weighted by Crippen LogP contribution is 2.13. The summed E-state index contributed by atoms with van der Waals surface area (Å²) in [4.78, 5) is 4.18. The lowest BCUT2D eigenvalue weighted by Gasteiger charge is -2.24. The van der Waals surface area contributed by atoms with Crippen LogP contribution in [0.4, 0.5) is 0 Å². The zero-order valence-electron chi connectivity index (χ0n) is 11.9. The first-order valence-electron chi connectivity index (χ1n) is 7.09. The molecule has 4 nitrogen and oxygen atoms in total. The molecule has 0 aromatic carbocycles. The van der Waals surface area contributed by atoms with Gasteiger partial charge in [-0.05, 0) is 24.8 Å². The molecular formula is C15H26N2O2. The minimum absolute atomic E-state index is 0.0857. The molecule has 2 N–H and O–H groups in total. The molecule has 1 heterocycles. The van der Waals surface area contributed by atoms with Crippen LogP contribution in [0.15, 0.2) is 29.4 Å². The molecule has 1 aliphatic rings. The summed E-state index contributed by atoms with van der Waals surface area (Å²) >= 11 is 0. The summed E-state index contributed by atoms with van der Waals surface area (Å²) < 4.78 is 11.0. The second kappa shape index (κ2) is 9.89. The SMILES string of the molecule is C=C(C=N/C=C\CCC)C(N)CCC1OCCCO1. The Balaban J connectivity index is 2.20. The second-order valence-electron chi connectivity index (χ2n) is 4.74. The van der Waals surface area contributed by atoms with Crippen molar-refractivity contribution in [3.05, 3.63) is 24.4 Å². The Bertz CT molecular complexity index is 307. The fourth-order valence-corrected chi connectivity index (χ4v) is 1.74. The van der Waals surface area contributed by atoms with Crippen LogP contribution in [0, 0.1) is 0 Å². The van der Waals surface area contributed by atoms with Gasteiger partial charge in [-0.15, -0.1) is 0 Å². The standard InChI is InChI=1S/C15H26N2O2/c1-3-4-5-9-17-12-13(2)14(16)7-8-15-18-10-6-11-19-15/h5,9,12,14-15H,2-4,6-8,10-11,16H2,1H3/b9-5-,17-12?. The molecular weight excluding hydrogens is 240 g/mol. The number of ether oxygens (including phenoxy) is 2. The maximum Gasteiger partial charge on any atom is 0.157 e. The van der Waals surface area contributed by atoms with Gasteiger partial charge in [-0.1, -0.05) is 26.0 Å². The van der Waals surface area contributed by atoms with Crippen LogP contribution in [0.3, 0.4) is 0 Å². The third-order valence-electron chi connectivity index (χ3n) is 2.97. The van der Waals surface area contributed by atoms with Crippen molar-refractivity contribution in [2.24, 2.45) is 10.7 Å². The van der Waals surface area contributed by atoms with E-state index < -0.39 is 0 Å². The van der Waals surface area contributed by atoms with E-state index in [0.29, 0.717) is 0 Å². The van der Waals surface area contributed by atoms with Crippen molar-refractivity contribution in [3.63, 3.8) is 0 Å². The number of nitrogens with zero attached hydrogens (tertiary/aromatic N) is 1. The number of rotatable bonds is 8. The molecule has 0 aromatic heterocycles. The fourth-order valence-electron chi connectivity index (χ4n) is 1.74. The first-order valence-corrected chi connectivity index (χ1v) is 7.09. The van der Waals surface area contributed by atoms with Crippen molar-refractivity contribution in [1.82, 2.24) is 0 Å². The summed E-state index contributed by atoms with van der Waals surface area (Å²) in [5.74, 6) is 0. The van der Waals surface area contributed by atoms with Crippen molar-refractivity contribution < 1.29 is 9.47 Å². The summed E-state index contributed by atoms with van der Waals surface area (Å²) in [6.07, 6.45) is 10.2. The van der Waals surface area contributed by atoms with Crippen molar-refractivity contribution in [2.45, 2.75) is 51.4 Å². The Morgan fingerprint density at radius 3 is 2.89 bits per heavy atom. The molecule has 0 bridgehead atoms. The Morgan fingerprint density at radius 2 is 2.21 bits per heavy atom. The molecule has 0 aromatic rings. The predicted molar refractivity (Wildman–Crippen MR) is 79.2 cm³/mol. The van der Waals surface area contributed by atoms with Crippen molar-refractivity contribution in [3.8, 4) is 0 Å². The number of hydrogen-bond acceptors (Lipinski definition) is 4. The van der Waals surface area contributed by atoms with Gasteiger partial charge in [-0.2, -0.15) is 0 Å². The van der Waals surface area contributed by atoms with E-state index in [2.05, 4.69) is 18.5 Å². The van der Waals surface area contributed by atoms with Crippen LogP contribution in [0.5, 0.6) is 0 Å². The maximum atomic E-state index is 6.05. The Labute approximate surface area is 116 Å². The van der Waals surface area contributed by atoms with Gasteiger partial charge >= 0.3 is 0 Å². The van der Waals surface area contributed by atoms with E-state index in [-0.39, 0.29) is 12.3 Å². The van der Waals surface area contributed by atoms with Crippen LogP contribution in [-0.4, -0.2) is 31.8 Å². The lowest BCUT2D eigenvalue weighted by molar-refractivity contribution is -0.181. The molecule has 0 radical (unpaired) electrons. The van der Waals surface area contributed by atoms with Gasteiger partial charge < -0.3 is 15.2 Å². The maximum absolute atomic E-state index is 6.05. The smallest absolute Gasteiger partial charge is 0.157 e. The van der Waals surface area contributed by atoms with E-state index in [9.17, 15) is 0 Å². The molecule has 0 saturated carbocycles. The zero-order chi connectivity index (χ0) is 13.9. The predicted octanol–water partition coefficient (Wildman–Crippen LogP) is 2.80. The number of hydrogen-bond donors (Lipinski definition) is 1. The van der Waals surface area contributed by atoms with Gasteiger partial charge in [0.15, 0.2) is 6.29 Å². The second-order valence-corrected chi connectivity index (χ2v) is 4.74. The van der Waals surface area contributed by atoms with Gasteiger partial charge in [0, 0.05) is 24.9 Å². The fraction of sp³-hybridized carbons (Fsp3) is 0.667. The summed E-state index contributed by atoms with van der Waals surface area (Å²) in [6.45, 7) is 7.65. The quantitative estimate of drug-likeness (QED) is 0.687. The largest absolute Gasteiger partial charge is 0.353 e. The first-order chi connectivity index (χ1) is 9.24. The van der Waals surface area contributed by atoms with Gasteiger partial charge in [-0.3, -0.25) is 4.99 Å². The average molecular weight is 266 g/mol. The lowest BCUT2D eigenvalue weighted by Crippen LogP contribution is -2.29. The molecule has 0 aliphatic carbocycles. The van der Waals surface area contributed by atoms with Crippen LogP contribution >= 0.6 is 0 Å². The van der Waals surface area contributed by atoms with Gasteiger partial charge in [0.25, 0.3) is 0 Å². The van der Waals surface area contributed by atoms with Crippen molar-refractivity contribution in [2.75, 3.05) is 13.2 Å². The number of aliphatic imine (C=N–C) groups is 1. The summed E-state index contributed by atoms with van der Waals surface area (Å²) in [7, 11) is 0. The molecule has 4 heteroatoms. The highest BCUT2D eigenvalue weighted by molar-refractivity contribution is 5.79. The zero-order valence-corrected chi connectivity index (χ0v) is 11.9. The summed E-state index contributed by atoms with van der Waals surface area (Å²) in [5.41, 5.74) is 6.89. The third-order valence-corrected chi connectivity index (χ3v) is 2.97. The molecule has 1 fully saturated rings. The van der Waals surface area contributed by atoms with E-state index in [4.69, 9.17) is 15.2 Å². The van der Waals surface area contributed by atoms with E-state index in [1.54, 1.807) is 12.4 Å². The van der Waals surface area contributed by atoms with Crippen LogP contribution in [0.2, 0.25) is 0 Å². The normalized spacial score (nSPS) is 19.3.